The van der Waals surface area contributed by atoms with Crippen molar-refractivity contribution in [2.75, 3.05) is 7.05 Å². The molecule has 0 aromatic carbocycles. The summed E-state index contributed by atoms with van der Waals surface area (Å²) in [5, 5.41) is 12.5. The van der Waals surface area contributed by atoms with Gasteiger partial charge >= 0.3 is 0 Å². The van der Waals surface area contributed by atoms with E-state index in [4.69, 9.17) is 0 Å². The first-order valence-corrected chi connectivity index (χ1v) is 3.92. The number of hydrogen-bond donors (Lipinski definition) is 2. The average Bonchev–Trinajstić information content (AvgIpc) is 2.16. The first-order chi connectivity index (χ1) is 5.02. The number of nitrogens with one attached hydrogen (secondary N) is 1. The molecule has 0 aliphatic heterocycles. The molecule has 0 aromatic heterocycles. The standard InChI is InChI=1S/C8H15NO2/c1-5-4-6(10)8(2,9-3)7(5)11/h5,7,9,11H,4H2,1-3H3. The van der Waals surface area contributed by atoms with Gasteiger partial charge in [0.15, 0.2) is 5.78 Å². The monoisotopic (exact) mass is 157 g/mol. The highest BCUT2D eigenvalue weighted by Crippen LogP contribution is 2.30. The number of ketones is 1. The van der Waals surface area contributed by atoms with Crippen LogP contribution in [0.4, 0.5) is 0 Å². The van der Waals surface area contributed by atoms with Gasteiger partial charge in [-0.15, -0.1) is 0 Å². The zero-order valence-electron chi connectivity index (χ0n) is 7.22. The van der Waals surface area contributed by atoms with Crippen LogP contribution in [0, 0.1) is 5.92 Å². The van der Waals surface area contributed by atoms with Gasteiger partial charge in [-0.05, 0) is 19.9 Å². The van der Waals surface area contributed by atoms with Crippen molar-refractivity contribution in [2.45, 2.75) is 31.9 Å². The molecule has 11 heavy (non-hydrogen) atoms. The van der Waals surface area contributed by atoms with Gasteiger partial charge < -0.3 is 10.4 Å². The maximum atomic E-state index is 11.3. The number of Topliss-reactive ketones (excluding diaryl/α,β-unsaturated/α-hetero) is 1. The van der Waals surface area contributed by atoms with Gasteiger partial charge in [0.1, 0.15) is 5.54 Å². The molecule has 1 rings (SSSR count). The van der Waals surface area contributed by atoms with E-state index in [1.807, 2.05) is 6.92 Å². The van der Waals surface area contributed by atoms with E-state index in [0.29, 0.717) is 6.42 Å². The average molecular weight is 157 g/mol. The minimum Gasteiger partial charge on any atom is -0.390 e. The highest BCUT2D eigenvalue weighted by molar-refractivity contribution is 5.91. The topological polar surface area (TPSA) is 49.3 Å². The van der Waals surface area contributed by atoms with E-state index < -0.39 is 11.6 Å². The molecular weight excluding hydrogens is 142 g/mol. The van der Waals surface area contributed by atoms with Crippen molar-refractivity contribution in [2.24, 2.45) is 5.92 Å². The minimum absolute atomic E-state index is 0.0833. The van der Waals surface area contributed by atoms with Gasteiger partial charge in [0.05, 0.1) is 6.10 Å². The highest BCUT2D eigenvalue weighted by Gasteiger charge is 2.48. The molecule has 3 nitrogen and oxygen atoms in total. The number of carbonyl (C=O) groups is 1. The number of likely N-dealkylation sites (N-methyl/N-ethyl adjacent to an activating group) is 1. The molecule has 0 heterocycles. The summed E-state index contributed by atoms with van der Waals surface area (Å²) in [5.41, 5.74) is -0.709. The molecular formula is C8H15NO2. The van der Waals surface area contributed by atoms with E-state index in [1.165, 1.54) is 0 Å². The van der Waals surface area contributed by atoms with Gasteiger partial charge in [0.25, 0.3) is 0 Å². The fourth-order valence-electron chi connectivity index (χ4n) is 1.64. The van der Waals surface area contributed by atoms with Crippen molar-refractivity contribution in [1.29, 1.82) is 0 Å². The summed E-state index contributed by atoms with van der Waals surface area (Å²) < 4.78 is 0. The van der Waals surface area contributed by atoms with Crippen LogP contribution < -0.4 is 5.32 Å². The Kier molecular flexibility index (Phi) is 2.03. The lowest BCUT2D eigenvalue weighted by atomic mass is 9.95. The van der Waals surface area contributed by atoms with E-state index in [2.05, 4.69) is 5.32 Å². The quantitative estimate of drug-likeness (QED) is 0.560. The van der Waals surface area contributed by atoms with Crippen molar-refractivity contribution in [3.63, 3.8) is 0 Å². The first-order valence-electron chi connectivity index (χ1n) is 3.92. The van der Waals surface area contributed by atoms with Crippen molar-refractivity contribution in [3.8, 4) is 0 Å². The predicted octanol–water partition coefficient (Wildman–Crippen LogP) is -0.0657. The fraction of sp³-hybridized carbons (Fsp3) is 0.875. The van der Waals surface area contributed by atoms with Crippen LogP contribution in [0.1, 0.15) is 20.3 Å². The Morgan fingerprint density at radius 1 is 1.73 bits per heavy atom. The summed E-state index contributed by atoms with van der Waals surface area (Å²) in [6.45, 7) is 3.65. The molecule has 1 aliphatic carbocycles. The smallest absolute Gasteiger partial charge is 0.155 e. The molecule has 1 aliphatic rings. The number of hydrogen-bond acceptors (Lipinski definition) is 3. The molecule has 0 aromatic rings. The molecule has 0 bridgehead atoms. The highest BCUT2D eigenvalue weighted by atomic mass is 16.3. The van der Waals surface area contributed by atoms with Gasteiger partial charge in [-0.25, -0.2) is 0 Å². The van der Waals surface area contributed by atoms with Crippen molar-refractivity contribution < 1.29 is 9.90 Å². The van der Waals surface area contributed by atoms with Gasteiger partial charge in [-0.1, -0.05) is 6.92 Å². The van der Waals surface area contributed by atoms with Gasteiger partial charge in [-0.3, -0.25) is 4.79 Å². The minimum atomic E-state index is -0.709. The SMILES string of the molecule is CNC1(C)C(=O)CC(C)C1O. The lowest BCUT2D eigenvalue weighted by molar-refractivity contribution is -0.124. The van der Waals surface area contributed by atoms with Crippen LogP contribution >= 0.6 is 0 Å². The van der Waals surface area contributed by atoms with E-state index in [9.17, 15) is 9.90 Å². The Bertz CT molecular complexity index is 181. The third-order valence-electron chi connectivity index (χ3n) is 2.74. The zero-order chi connectivity index (χ0) is 8.65. The Balaban J connectivity index is 2.87. The second-order valence-electron chi connectivity index (χ2n) is 3.50. The largest absolute Gasteiger partial charge is 0.390 e. The van der Waals surface area contributed by atoms with E-state index in [-0.39, 0.29) is 11.7 Å². The first kappa shape index (κ1) is 8.68. The second kappa shape index (κ2) is 2.57. The van der Waals surface area contributed by atoms with Gasteiger partial charge in [0.2, 0.25) is 0 Å². The second-order valence-corrected chi connectivity index (χ2v) is 3.50. The Labute approximate surface area is 66.8 Å². The van der Waals surface area contributed by atoms with Gasteiger partial charge in [0, 0.05) is 6.42 Å². The summed E-state index contributed by atoms with van der Waals surface area (Å²) in [7, 11) is 1.71. The summed E-state index contributed by atoms with van der Waals surface area (Å²) in [4.78, 5) is 11.3. The lowest BCUT2D eigenvalue weighted by Gasteiger charge is -2.26. The van der Waals surface area contributed by atoms with Gasteiger partial charge in [-0.2, -0.15) is 0 Å². The Hall–Kier alpha value is -0.410. The lowest BCUT2D eigenvalue weighted by Crippen LogP contribution is -2.52. The Morgan fingerprint density at radius 3 is 2.45 bits per heavy atom. The Morgan fingerprint density at radius 2 is 2.27 bits per heavy atom. The van der Waals surface area contributed by atoms with Crippen LogP contribution in [-0.4, -0.2) is 29.6 Å². The van der Waals surface area contributed by atoms with Crippen molar-refractivity contribution >= 4 is 5.78 Å². The van der Waals surface area contributed by atoms with Crippen LogP contribution in [0.5, 0.6) is 0 Å². The van der Waals surface area contributed by atoms with Crippen LogP contribution in [0.3, 0.4) is 0 Å². The summed E-state index contributed by atoms with van der Waals surface area (Å²) in [6.07, 6.45) is -0.0570. The number of aliphatic hydroxyl groups is 1. The predicted molar refractivity (Wildman–Crippen MR) is 42.3 cm³/mol. The maximum Gasteiger partial charge on any atom is 0.155 e. The van der Waals surface area contributed by atoms with Crippen molar-refractivity contribution in [3.05, 3.63) is 0 Å². The normalized spacial score (nSPS) is 44.9. The maximum absolute atomic E-state index is 11.3. The van der Waals surface area contributed by atoms with E-state index in [0.717, 1.165) is 0 Å². The molecule has 3 heteroatoms. The van der Waals surface area contributed by atoms with E-state index in [1.54, 1.807) is 14.0 Å². The molecule has 0 spiro atoms. The molecule has 2 N–H and O–H groups in total. The number of carbonyl (C=O) groups excluding carboxylic acids is 1. The molecule has 3 atom stereocenters. The van der Waals surface area contributed by atoms with Crippen molar-refractivity contribution in [1.82, 2.24) is 5.32 Å². The molecule has 0 saturated heterocycles. The summed E-state index contributed by atoms with van der Waals surface area (Å²) >= 11 is 0. The molecule has 0 amide bonds. The van der Waals surface area contributed by atoms with E-state index >= 15 is 0 Å². The zero-order valence-corrected chi connectivity index (χ0v) is 7.22. The third-order valence-corrected chi connectivity index (χ3v) is 2.74. The molecule has 0 radical (unpaired) electrons. The number of aliphatic hydroxyl groups excluding tert-OH is 1. The van der Waals surface area contributed by atoms with Crippen LogP contribution in [0.15, 0.2) is 0 Å². The van der Waals surface area contributed by atoms with Crippen LogP contribution in [0.2, 0.25) is 0 Å². The van der Waals surface area contributed by atoms with Crippen LogP contribution in [-0.2, 0) is 4.79 Å². The summed E-state index contributed by atoms with van der Waals surface area (Å²) in [6, 6.07) is 0. The molecule has 1 saturated carbocycles. The molecule has 1 fully saturated rings. The third kappa shape index (κ3) is 1.08. The molecule has 3 unspecified atom stereocenters. The molecule has 64 valence electrons. The van der Waals surface area contributed by atoms with Crippen LogP contribution in [0.25, 0.3) is 0 Å². The summed E-state index contributed by atoms with van der Waals surface area (Å²) in [5.74, 6) is 0.194. The fourth-order valence-corrected chi connectivity index (χ4v) is 1.64. The number of rotatable bonds is 1.